The molecule has 0 heteroatoms. The highest BCUT2D eigenvalue weighted by atomic mass is 14.0. The van der Waals surface area contributed by atoms with Crippen LogP contribution in [0.3, 0.4) is 0 Å². The fourth-order valence-electron chi connectivity index (χ4n) is 1.15. The molecule has 0 bridgehead atoms. The molecular formula is C12H24. The quantitative estimate of drug-likeness (QED) is 0.386. The molecule has 1 atom stereocenters. The number of hydrogen-bond donors (Lipinski definition) is 0. The van der Waals surface area contributed by atoms with Crippen molar-refractivity contribution in [1.82, 2.24) is 0 Å². The van der Waals surface area contributed by atoms with E-state index in [1.165, 1.54) is 38.5 Å². The summed E-state index contributed by atoms with van der Waals surface area (Å²) in [7, 11) is 0. The first-order valence-electron chi connectivity index (χ1n) is 5.47. The van der Waals surface area contributed by atoms with Crippen molar-refractivity contribution in [3.05, 3.63) is 12.2 Å². The molecule has 0 heterocycles. The molecule has 0 aromatic rings. The SMILES string of the molecule is CCCCCCC=CC(C)CC. The fraction of sp³-hybridized carbons (Fsp3) is 0.833. The summed E-state index contributed by atoms with van der Waals surface area (Å²) < 4.78 is 0. The molecule has 0 aromatic heterocycles. The molecule has 0 amide bonds. The number of rotatable bonds is 7. The first kappa shape index (κ1) is 11.7. The molecule has 0 aliphatic rings. The summed E-state index contributed by atoms with van der Waals surface area (Å²) in [6, 6.07) is 0. The Morgan fingerprint density at radius 2 is 1.83 bits per heavy atom. The summed E-state index contributed by atoms with van der Waals surface area (Å²) in [5, 5.41) is 0. The highest BCUT2D eigenvalue weighted by molar-refractivity contribution is 4.85. The zero-order valence-corrected chi connectivity index (χ0v) is 8.97. The maximum absolute atomic E-state index is 2.35. The number of unbranched alkanes of at least 4 members (excludes halogenated alkanes) is 4. The van der Waals surface area contributed by atoms with Crippen LogP contribution in [0.5, 0.6) is 0 Å². The van der Waals surface area contributed by atoms with Crippen molar-refractivity contribution in [2.75, 3.05) is 0 Å². The second kappa shape index (κ2) is 8.83. The summed E-state index contributed by atoms with van der Waals surface area (Å²) >= 11 is 0. The van der Waals surface area contributed by atoms with Gasteiger partial charge in [-0.1, -0.05) is 58.6 Å². The van der Waals surface area contributed by atoms with Crippen LogP contribution in [0.15, 0.2) is 12.2 Å². The minimum absolute atomic E-state index is 0.774. The highest BCUT2D eigenvalue weighted by Crippen LogP contribution is 2.06. The predicted molar refractivity (Wildman–Crippen MR) is 57.4 cm³/mol. The van der Waals surface area contributed by atoms with Crippen LogP contribution < -0.4 is 0 Å². The Morgan fingerprint density at radius 1 is 1.08 bits per heavy atom. The van der Waals surface area contributed by atoms with E-state index in [0.29, 0.717) is 0 Å². The van der Waals surface area contributed by atoms with Crippen molar-refractivity contribution >= 4 is 0 Å². The third-order valence-corrected chi connectivity index (χ3v) is 2.33. The minimum Gasteiger partial charge on any atom is -0.0883 e. The van der Waals surface area contributed by atoms with Gasteiger partial charge < -0.3 is 0 Å². The van der Waals surface area contributed by atoms with Gasteiger partial charge in [-0.25, -0.2) is 0 Å². The molecule has 0 saturated heterocycles. The van der Waals surface area contributed by atoms with Gasteiger partial charge >= 0.3 is 0 Å². The van der Waals surface area contributed by atoms with Gasteiger partial charge in [-0.15, -0.1) is 0 Å². The largest absolute Gasteiger partial charge is 0.0883 e. The first-order chi connectivity index (χ1) is 5.81. The average molecular weight is 168 g/mol. The lowest BCUT2D eigenvalue weighted by Crippen LogP contribution is -1.83. The lowest BCUT2D eigenvalue weighted by Gasteiger charge is -1.99. The lowest BCUT2D eigenvalue weighted by atomic mass is 10.1. The van der Waals surface area contributed by atoms with Crippen LogP contribution in [-0.4, -0.2) is 0 Å². The summed E-state index contributed by atoms with van der Waals surface area (Å²) in [4.78, 5) is 0. The fourth-order valence-corrected chi connectivity index (χ4v) is 1.15. The van der Waals surface area contributed by atoms with Gasteiger partial charge in [0.05, 0.1) is 0 Å². The van der Waals surface area contributed by atoms with Gasteiger partial charge in [-0.05, 0) is 18.8 Å². The van der Waals surface area contributed by atoms with Crippen molar-refractivity contribution in [3.63, 3.8) is 0 Å². The van der Waals surface area contributed by atoms with Crippen LogP contribution in [0.2, 0.25) is 0 Å². The molecule has 0 radical (unpaired) electrons. The molecule has 0 rings (SSSR count). The lowest BCUT2D eigenvalue weighted by molar-refractivity contribution is 0.664. The smallest absolute Gasteiger partial charge is 0.0265 e. The first-order valence-corrected chi connectivity index (χ1v) is 5.47. The Bertz CT molecular complexity index is 103. The average Bonchev–Trinajstić information content (AvgIpc) is 2.10. The van der Waals surface area contributed by atoms with Gasteiger partial charge in [0.15, 0.2) is 0 Å². The van der Waals surface area contributed by atoms with Gasteiger partial charge in [-0.2, -0.15) is 0 Å². The van der Waals surface area contributed by atoms with Gasteiger partial charge in [0, 0.05) is 0 Å². The molecule has 0 aliphatic carbocycles. The Morgan fingerprint density at radius 3 is 2.42 bits per heavy atom. The molecular weight excluding hydrogens is 144 g/mol. The van der Waals surface area contributed by atoms with Crippen LogP contribution in [0.1, 0.15) is 59.3 Å². The van der Waals surface area contributed by atoms with Crippen LogP contribution in [0.25, 0.3) is 0 Å². The summed E-state index contributed by atoms with van der Waals surface area (Å²) in [6.07, 6.45) is 12.8. The van der Waals surface area contributed by atoms with Crippen molar-refractivity contribution in [1.29, 1.82) is 0 Å². The zero-order valence-electron chi connectivity index (χ0n) is 8.97. The van der Waals surface area contributed by atoms with E-state index in [4.69, 9.17) is 0 Å². The van der Waals surface area contributed by atoms with E-state index in [1.54, 1.807) is 0 Å². The normalized spacial score (nSPS) is 13.9. The molecule has 0 spiro atoms. The van der Waals surface area contributed by atoms with Crippen LogP contribution >= 0.6 is 0 Å². The van der Waals surface area contributed by atoms with Crippen LogP contribution in [-0.2, 0) is 0 Å². The van der Waals surface area contributed by atoms with Crippen molar-refractivity contribution < 1.29 is 0 Å². The van der Waals surface area contributed by atoms with Gasteiger partial charge in [0.1, 0.15) is 0 Å². The summed E-state index contributed by atoms with van der Waals surface area (Å²) in [5.41, 5.74) is 0. The minimum atomic E-state index is 0.774. The maximum atomic E-state index is 2.35. The zero-order chi connectivity index (χ0) is 9.23. The standard InChI is InChI=1S/C12H24/c1-4-6-7-8-9-10-11-12(3)5-2/h10-12H,4-9H2,1-3H3. The molecule has 0 N–H and O–H groups in total. The molecule has 0 aliphatic heterocycles. The van der Waals surface area contributed by atoms with E-state index in [1.807, 2.05) is 0 Å². The van der Waals surface area contributed by atoms with E-state index in [2.05, 4.69) is 32.9 Å². The molecule has 0 aromatic carbocycles. The van der Waals surface area contributed by atoms with Crippen LogP contribution in [0.4, 0.5) is 0 Å². The van der Waals surface area contributed by atoms with Crippen molar-refractivity contribution in [2.24, 2.45) is 5.92 Å². The van der Waals surface area contributed by atoms with E-state index in [0.717, 1.165) is 5.92 Å². The molecule has 0 fully saturated rings. The highest BCUT2D eigenvalue weighted by Gasteiger charge is 1.89. The summed E-state index contributed by atoms with van der Waals surface area (Å²) in [6.45, 7) is 6.78. The molecule has 0 saturated carbocycles. The van der Waals surface area contributed by atoms with Crippen LogP contribution in [0, 0.1) is 5.92 Å². The topological polar surface area (TPSA) is 0 Å². The number of allylic oxidation sites excluding steroid dienone is 2. The van der Waals surface area contributed by atoms with Crippen molar-refractivity contribution in [2.45, 2.75) is 59.3 Å². The Kier molecular flexibility index (Phi) is 8.64. The number of hydrogen-bond acceptors (Lipinski definition) is 0. The van der Waals surface area contributed by atoms with Gasteiger partial charge in [0.25, 0.3) is 0 Å². The Labute approximate surface area is 78.1 Å². The van der Waals surface area contributed by atoms with E-state index < -0.39 is 0 Å². The predicted octanol–water partition coefficient (Wildman–Crippen LogP) is 4.56. The van der Waals surface area contributed by atoms with Gasteiger partial charge in [0.2, 0.25) is 0 Å². The molecule has 1 unspecified atom stereocenters. The Hall–Kier alpha value is -0.260. The second-order valence-corrected chi connectivity index (χ2v) is 3.66. The van der Waals surface area contributed by atoms with E-state index >= 15 is 0 Å². The molecule has 0 nitrogen and oxygen atoms in total. The van der Waals surface area contributed by atoms with Gasteiger partial charge in [-0.3, -0.25) is 0 Å². The molecule has 12 heavy (non-hydrogen) atoms. The Balaban J connectivity index is 3.12. The third-order valence-electron chi connectivity index (χ3n) is 2.33. The monoisotopic (exact) mass is 168 g/mol. The third kappa shape index (κ3) is 7.84. The maximum Gasteiger partial charge on any atom is -0.0265 e. The summed E-state index contributed by atoms with van der Waals surface area (Å²) in [5.74, 6) is 0.774. The molecule has 72 valence electrons. The van der Waals surface area contributed by atoms with Crippen molar-refractivity contribution in [3.8, 4) is 0 Å². The second-order valence-electron chi connectivity index (χ2n) is 3.66. The van der Waals surface area contributed by atoms with E-state index in [-0.39, 0.29) is 0 Å². The van der Waals surface area contributed by atoms with E-state index in [9.17, 15) is 0 Å².